The molecule has 5 nitrogen and oxygen atoms in total. The molecule has 0 radical (unpaired) electrons. The zero-order valence-corrected chi connectivity index (χ0v) is 12.8. The number of pyridine rings is 1. The summed E-state index contributed by atoms with van der Waals surface area (Å²) in [5.41, 5.74) is 1.51. The fraction of sp³-hybridized carbons (Fsp3) is 0.562. The van der Waals surface area contributed by atoms with Gasteiger partial charge in [0.1, 0.15) is 12.0 Å². The van der Waals surface area contributed by atoms with Crippen LogP contribution >= 0.6 is 0 Å². The van der Waals surface area contributed by atoms with Crippen molar-refractivity contribution in [2.24, 2.45) is 5.92 Å². The van der Waals surface area contributed by atoms with Crippen LogP contribution in [0.5, 0.6) is 0 Å². The number of carbonyl (C=O) groups excluding carboxylic acids is 2. The predicted molar refractivity (Wildman–Crippen MR) is 82.5 cm³/mol. The summed E-state index contributed by atoms with van der Waals surface area (Å²) in [6, 6.07) is 3.79. The molecule has 21 heavy (non-hydrogen) atoms. The quantitative estimate of drug-likeness (QED) is 0.778. The zero-order valence-electron chi connectivity index (χ0n) is 12.8. The monoisotopic (exact) mass is 289 g/mol. The van der Waals surface area contributed by atoms with Crippen LogP contribution in [-0.2, 0) is 4.79 Å². The zero-order chi connectivity index (χ0) is 15.2. The largest absolute Gasteiger partial charge is 0.371 e. The molecule has 1 fully saturated rings. The molecule has 0 aromatic carbocycles. The Morgan fingerprint density at radius 2 is 2.05 bits per heavy atom. The molecule has 1 saturated heterocycles. The second-order valence-corrected chi connectivity index (χ2v) is 5.34. The van der Waals surface area contributed by atoms with Crippen LogP contribution in [0.25, 0.3) is 0 Å². The van der Waals surface area contributed by atoms with Gasteiger partial charge in [-0.2, -0.15) is 0 Å². The van der Waals surface area contributed by atoms with E-state index < -0.39 is 0 Å². The van der Waals surface area contributed by atoms with Crippen LogP contribution in [-0.4, -0.2) is 48.3 Å². The van der Waals surface area contributed by atoms with E-state index in [1.54, 1.807) is 11.1 Å². The number of aromatic nitrogens is 1. The Labute approximate surface area is 126 Å². The summed E-state index contributed by atoms with van der Waals surface area (Å²) in [4.78, 5) is 31.3. The number of anilines is 1. The molecule has 0 spiro atoms. The van der Waals surface area contributed by atoms with Crippen LogP contribution in [0.4, 0.5) is 5.69 Å². The van der Waals surface area contributed by atoms with E-state index >= 15 is 0 Å². The minimum Gasteiger partial charge on any atom is -0.371 e. The number of aldehydes is 1. The van der Waals surface area contributed by atoms with Crippen molar-refractivity contribution in [1.29, 1.82) is 0 Å². The van der Waals surface area contributed by atoms with Gasteiger partial charge in [-0.1, -0.05) is 0 Å². The summed E-state index contributed by atoms with van der Waals surface area (Å²) in [6.45, 7) is 7.02. The smallest absolute Gasteiger partial charge is 0.272 e. The fourth-order valence-corrected chi connectivity index (χ4v) is 2.70. The molecule has 114 valence electrons. The Morgan fingerprint density at radius 3 is 2.62 bits per heavy atom. The van der Waals surface area contributed by atoms with Crippen molar-refractivity contribution < 1.29 is 9.59 Å². The summed E-state index contributed by atoms with van der Waals surface area (Å²) >= 11 is 0. The first-order chi connectivity index (χ1) is 10.2. The highest BCUT2D eigenvalue weighted by Gasteiger charge is 2.20. The standard InChI is InChI=1S/C16H23N3O2/c1-3-18(4-2)16(21)15-11-14(5-8-17-15)19-9-6-13(12-20)7-10-19/h5,8,11-13H,3-4,6-7,9-10H2,1-2H3. The molecular weight excluding hydrogens is 266 g/mol. The molecule has 2 heterocycles. The van der Waals surface area contributed by atoms with Crippen molar-refractivity contribution in [3.05, 3.63) is 24.0 Å². The van der Waals surface area contributed by atoms with Crippen LogP contribution in [0.1, 0.15) is 37.2 Å². The lowest BCUT2D eigenvalue weighted by molar-refractivity contribution is -0.111. The van der Waals surface area contributed by atoms with Gasteiger partial charge in [-0.05, 0) is 38.8 Å². The first kappa shape index (κ1) is 15.5. The van der Waals surface area contributed by atoms with E-state index in [9.17, 15) is 9.59 Å². The molecule has 5 heteroatoms. The van der Waals surface area contributed by atoms with Crippen molar-refractivity contribution in [3.63, 3.8) is 0 Å². The second-order valence-electron chi connectivity index (χ2n) is 5.34. The van der Waals surface area contributed by atoms with E-state index in [4.69, 9.17) is 0 Å². The minimum absolute atomic E-state index is 0.0235. The van der Waals surface area contributed by atoms with E-state index in [-0.39, 0.29) is 11.8 Å². The first-order valence-electron chi connectivity index (χ1n) is 7.65. The average molecular weight is 289 g/mol. The highest BCUT2D eigenvalue weighted by molar-refractivity contribution is 5.93. The summed E-state index contributed by atoms with van der Waals surface area (Å²) in [7, 11) is 0. The first-order valence-corrected chi connectivity index (χ1v) is 7.65. The minimum atomic E-state index is -0.0235. The van der Waals surface area contributed by atoms with Crippen molar-refractivity contribution in [3.8, 4) is 0 Å². The Balaban J connectivity index is 2.11. The van der Waals surface area contributed by atoms with Gasteiger partial charge >= 0.3 is 0 Å². The number of nitrogens with zero attached hydrogens (tertiary/aromatic N) is 3. The van der Waals surface area contributed by atoms with Crippen LogP contribution in [0.2, 0.25) is 0 Å². The van der Waals surface area contributed by atoms with Gasteiger partial charge in [0.25, 0.3) is 5.91 Å². The molecule has 0 unspecified atom stereocenters. The lowest BCUT2D eigenvalue weighted by atomic mass is 9.98. The predicted octanol–water partition coefficient (Wildman–Crippen LogP) is 1.98. The molecule has 0 bridgehead atoms. The number of amides is 1. The van der Waals surface area contributed by atoms with E-state index in [1.807, 2.05) is 26.0 Å². The summed E-state index contributed by atoms with van der Waals surface area (Å²) in [5, 5.41) is 0. The normalized spacial score (nSPS) is 15.8. The van der Waals surface area contributed by atoms with Crippen LogP contribution < -0.4 is 4.90 Å². The van der Waals surface area contributed by atoms with E-state index in [2.05, 4.69) is 9.88 Å². The van der Waals surface area contributed by atoms with Crippen molar-refractivity contribution >= 4 is 17.9 Å². The third-order valence-corrected chi connectivity index (χ3v) is 4.11. The average Bonchev–Trinajstić information content (AvgIpc) is 2.56. The molecule has 0 atom stereocenters. The molecular formula is C16H23N3O2. The van der Waals surface area contributed by atoms with Gasteiger partial charge in [-0.25, -0.2) is 0 Å². The number of piperidine rings is 1. The van der Waals surface area contributed by atoms with Gasteiger partial charge < -0.3 is 14.6 Å². The lowest BCUT2D eigenvalue weighted by Crippen LogP contribution is -2.35. The van der Waals surface area contributed by atoms with Gasteiger partial charge in [0, 0.05) is 44.0 Å². The number of rotatable bonds is 5. The molecule has 1 aromatic rings. The maximum atomic E-state index is 12.3. The molecule has 1 aromatic heterocycles. The Bertz CT molecular complexity index is 492. The highest BCUT2D eigenvalue weighted by Crippen LogP contribution is 2.22. The van der Waals surface area contributed by atoms with Crippen molar-refractivity contribution in [2.75, 3.05) is 31.1 Å². The van der Waals surface area contributed by atoms with Gasteiger partial charge in [0.05, 0.1) is 0 Å². The SMILES string of the molecule is CCN(CC)C(=O)c1cc(N2CCC(C=O)CC2)ccn1. The van der Waals surface area contributed by atoms with Gasteiger partial charge in [-0.15, -0.1) is 0 Å². The molecule has 0 aliphatic carbocycles. The number of hydrogen-bond donors (Lipinski definition) is 0. The fourth-order valence-electron chi connectivity index (χ4n) is 2.70. The lowest BCUT2D eigenvalue weighted by Gasteiger charge is -2.31. The third-order valence-electron chi connectivity index (χ3n) is 4.11. The molecule has 2 rings (SSSR count). The topological polar surface area (TPSA) is 53.5 Å². The number of hydrogen-bond acceptors (Lipinski definition) is 4. The Morgan fingerprint density at radius 1 is 1.38 bits per heavy atom. The Hall–Kier alpha value is -1.91. The highest BCUT2D eigenvalue weighted by atomic mass is 16.2. The molecule has 0 N–H and O–H groups in total. The van der Waals surface area contributed by atoms with E-state index in [0.29, 0.717) is 18.8 Å². The summed E-state index contributed by atoms with van der Waals surface area (Å²) < 4.78 is 0. The molecule has 1 aliphatic heterocycles. The van der Waals surface area contributed by atoms with Crippen LogP contribution in [0.15, 0.2) is 18.3 Å². The van der Waals surface area contributed by atoms with Crippen molar-refractivity contribution in [1.82, 2.24) is 9.88 Å². The van der Waals surface area contributed by atoms with E-state index in [0.717, 1.165) is 37.9 Å². The molecule has 1 aliphatic rings. The number of carbonyl (C=O) groups is 2. The van der Waals surface area contributed by atoms with Crippen molar-refractivity contribution in [2.45, 2.75) is 26.7 Å². The van der Waals surface area contributed by atoms with Gasteiger partial charge in [-0.3, -0.25) is 9.78 Å². The van der Waals surface area contributed by atoms with Crippen LogP contribution in [0.3, 0.4) is 0 Å². The van der Waals surface area contributed by atoms with Gasteiger partial charge in [0.2, 0.25) is 0 Å². The maximum Gasteiger partial charge on any atom is 0.272 e. The summed E-state index contributed by atoms with van der Waals surface area (Å²) in [6.07, 6.45) is 4.51. The second kappa shape index (κ2) is 7.20. The molecule has 0 saturated carbocycles. The van der Waals surface area contributed by atoms with Gasteiger partial charge in [0.15, 0.2) is 0 Å². The van der Waals surface area contributed by atoms with E-state index in [1.165, 1.54) is 0 Å². The van der Waals surface area contributed by atoms with Crippen LogP contribution in [0, 0.1) is 5.92 Å². The molecule has 1 amide bonds. The Kier molecular flexibility index (Phi) is 5.31. The summed E-state index contributed by atoms with van der Waals surface area (Å²) in [5.74, 6) is 0.157. The maximum absolute atomic E-state index is 12.3. The third kappa shape index (κ3) is 3.60.